The Balaban J connectivity index is 2.84. The zero-order chi connectivity index (χ0) is 13.2. The summed E-state index contributed by atoms with van der Waals surface area (Å²) in [6.07, 6.45) is 0. The van der Waals surface area contributed by atoms with Gasteiger partial charge < -0.3 is 10.0 Å². The lowest BCUT2D eigenvalue weighted by molar-refractivity contribution is -0.134. The van der Waals surface area contributed by atoms with E-state index in [1.807, 2.05) is 11.8 Å². The number of carbonyl (C=O) groups excluding carboxylic acids is 1. The molecular formula is C12H19NO3S. The van der Waals surface area contributed by atoms with Crippen LogP contribution in [0.5, 0.6) is 0 Å². The quantitative estimate of drug-likeness (QED) is 0.766. The molecule has 0 aromatic rings. The van der Waals surface area contributed by atoms with E-state index in [9.17, 15) is 9.59 Å². The van der Waals surface area contributed by atoms with Gasteiger partial charge in [-0.15, -0.1) is 0 Å². The summed E-state index contributed by atoms with van der Waals surface area (Å²) in [7, 11) is 0. The molecule has 4 nitrogen and oxygen atoms in total. The lowest BCUT2D eigenvalue weighted by Crippen LogP contribution is -2.46. The van der Waals surface area contributed by atoms with Crippen molar-refractivity contribution >= 4 is 23.6 Å². The zero-order valence-electron chi connectivity index (χ0n) is 10.7. The first-order chi connectivity index (χ1) is 7.74. The Morgan fingerprint density at radius 1 is 1.24 bits per heavy atom. The molecule has 0 radical (unpaired) electrons. The molecule has 1 fully saturated rings. The van der Waals surface area contributed by atoms with E-state index in [1.165, 1.54) is 6.92 Å². The zero-order valence-corrected chi connectivity index (χ0v) is 11.6. The third-order valence-corrected chi connectivity index (χ3v) is 4.21. The van der Waals surface area contributed by atoms with Gasteiger partial charge >= 0.3 is 5.97 Å². The van der Waals surface area contributed by atoms with Crippen LogP contribution >= 0.6 is 11.8 Å². The van der Waals surface area contributed by atoms with Crippen LogP contribution in [-0.4, -0.2) is 45.5 Å². The standard InChI is InChI=1S/C12H19NO3S/c1-8(9(2)11(15)16)10(14)13-5-6-17-12(3,4)7-13/h5-7H2,1-4H3,(H,15,16). The smallest absolute Gasteiger partial charge is 0.331 e. The van der Waals surface area contributed by atoms with Crippen molar-refractivity contribution in [1.82, 2.24) is 4.90 Å². The lowest BCUT2D eigenvalue weighted by Gasteiger charge is -2.37. The fourth-order valence-electron chi connectivity index (χ4n) is 1.75. The highest BCUT2D eigenvalue weighted by atomic mass is 32.2. The second kappa shape index (κ2) is 5.12. The fraction of sp³-hybridized carbons (Fsp3) is 0.667. The van der Waals surface area contributed by atoms with Crippen molar-refractivity contribution in [3.05, 3.63) is 11.1 Å². The van der Waals surface area contributed by atoms with E-state index in [4.69, 9.17) is 5.11 Å². The van der Waals surface area contributed by atoms with Gasteiger partial charge in [-0.05, 0) is 27.7 Å². The molecule has 1 amide bonds. The minimum absolute atomic E-state index is 0.0469. The maximum absolute atomic E-state index is 12.1. The molecule has 5 heteroatoms. The summed E-state index contributed by atoms with van der Waals surface area (Å²) in [4.78, 5) is 24.7. The van der Waals surface area contributed by atoms with E-state index in [2.05, 4.69) is 13.8 Å². The van der Waals surface area contributed by atoms with Crippen molar-refractivity contribution in [3.8, 4) is 0 Å². The Morgan fingerprint density at radius 2 is 1.82 bits per heavy atom. The summed E-state index contributed by atoms with van der Waals surface area (Å²) in [6, 6.07) is 0. The van der Waals surface area contributed by atoms with E-state index in [1.54, 1.807) is 11.8 Å². The topological polar surface area (TPSA) is 57.6 Å². The van der Waals surface area contributed by atoms with Gasteiger partial charge in [0.15, 0.2) is 0 Å². The van der Waals surface area contributed by atoms with Gasteiger partial charge in [-0.25, -0.2) is 4.79 Å². The van der Waals surface area contributed by atoms with Crippen LogP contribution in [0.25, 0.3) is 0 Å². The summed E-state index contributed by atoms with van der Waals surface area (Å²) in [5.41, 5.74) is 0.464. The van der Waals surface area contributed by atoms with Crippen LogP contribution in [0.2, 0.25) is 0 Å². The number of rotatable bonds is 2. The molecule has 0 atom stereocenters. The first-order valence-electron chi connectivity index (χ1n) is 5.58. The molecule has 0 saturated carbocycles. The van der Waals surface area contributed by atoms with E-state index in [0.717, 1.165) is 5.75 Å². The summed E-state index contributed by atoms with van der Waals surface area (Å²) < 4.78 is 0.0469. The van der Waals surface area contributed by atoms with Gasteiger partial charge in [0.2, 0.25) is 5.91 Å². The van der Waals surface area contributed by atoms with Gasteiger partial charge in [0.05, 0.1) is 0 Å². The molecule has 1 rings (SSSR count). The number of amides is 1. The van der Waals surface area contributed by atoms with Crippen LogP contribution in [-0.2, 0) is 9.59 Å². The molecule has 1 N–H and O–H groups in total. The Hall–Kier alpha value is -0.970. The molecule has 1 aliphatic heterocycles. The van der Waals surface area contributed by atoms with Crippen LogP contribution in [0.3, 0.4) is 0 Å². The Morgan fingerprint density at radius 3 is 2.29 bits per heavy atom. The van der Waals surface area contributed by atoms with E-state index < -0.39 is 5.97 Å². The molecule has 0 spiro atoms. The molecule has 0 aliphatic carbocycles. The molecule has 96 valence electrons. The predicted octanol–water partition coefficient (Wildman–Crippen LogP) is 1.76. The molecule has 0 bridgehead atoms. The van der Waals surface area contributed by atoms with Gasteiger partial charge in [0, 0.05) is 34.7 Å². The minimum atomic E-state index is -1.03. The Labute approximate surface area is 106 Å². The summed E-state index contributed by atoms with van der Waals surface area (Å²) in [5, 5.41) is 8.87. The minimum Gasteiger partial charge on any atom is -0.478 e. The van der Waals surface area contributed by atoms with Gasteiger partial charge in [-0.3, -0.25) is 4.79 Å². The molecule has 1 heterocycles. The first-order valence-corrected chi connectivity index (χ1v) is 6.57. The number of hydrogen-bond donors (Lipinski definition) is 1. The lowest BCUT2D eigenvalue weighted by atomic mass is 10.1. The van der Waals surface area contributed by atoms with Crippen LogP contribution in [0.15, 0.2) is 11.1 Å². The van der Waals surface area contributed by atoms with E-state index in [0.29, 0.717) is 18.7 Å². The normalized spacial score (nSPS) is 20.8. The van der Waals surface area contributed by atoms with Gasteiger partial charge in [0.25, 0.3) is 0 Å². The van der Waals surface area contributed by atoms with Crippen molar-refractivity contribution in [3.63, 3.8) is 0 Å². The van der Waals surface area contributed by atoms with Crippen molar-refractivity contribution < 1.29 is 14.7 Å². The van der Waals surface area contributed by atoms with Crippen LogP contribution in [0.4, 0.5) is 0 Å². The van der Waals surface area contributed by atoms with Crippen molar-refractivity contribution in [2.75, 3.05) is 18.8 Å². The Bertz CT molecular complexity index is 374. The number of carbonyl (C=O) groups is 2. The maximum atomic E-state index is 12.1. The number of carboxylic acid groups (broad SMARTS) is 1. The first kappa shape index (κ1) is 14.1. The van der Waals surface area contributed by atoms with E-state index >= 15 is 0 Å². The molecule has 0 aromatic heterocycles. The fourth-order valence-corrected chi connectivity index (χ4v) is 2.86. The second-order valence-corrected chi connectivity index (χ2v) is 6.69. The number of hydrogen-bond acceptors (Lipinski definition) is 3. The van der Waals surface area contributed by atoms with Crippen LogP contribution in [0.1, 0.15) is 27.7 Å². The predicted molar refractivity (Wildman–Crippen MR) is 69.1 cm³/mol. The SMILES string of the molecule is CC(C(=O)O)=C(C)C(=O)N1CCSC(C)(C)C1. The van der Waals surface area contributed by atoms with Gasteiger partial charge in [-0.2, -0.15) is 11.8 Å². The molecule has 1 saturated heterocycles. The third-order valence-electron chi connectivity index (χ3n) is 2.92. The maximum Gasteiger partial charge on any atom is 0.331 e. The summed E-state index contributed by atoms with van der Waals surface area (Å²) in [5.74, 6) is -0.280. The highest BCUT2D eigenvalue weighted by Gasteiger charge is 2.30. The molecule has 17 heavy (non-hydrogen) atoms. The second-order valence-electron chi connectivity index (χ2n) is 4.89. The van der Waals surface area contributed by atoms with E-state index in [-0.39, 0.29) is 16.2 Å². The largest absolute Gasteiger partial charge is 0.478 e. The Kier molecular flexibility index (Phi) is 4.25. The monoisotopic (exact) mass is 257 g/mol. The van der Waals surface area contributed by atoms with Crippen LogP contribution in [0, 0.1) is 0 Å². The molecular weight excluding hydrogens is 238 g/mol. The average Bonchev–Trinajstić information content (AvgIpc) is 2.24. The molecule has 0 unspecified atom stereocenters. The van der Waals surface area contributed by atoms with Gasteiger partial charge in [0.1, 0.15) is 0 Å². The highest BCUT2D eigenvalue weighted by Crippen LogP contribution is 2.30. The average molecular weight is 257 g/mol. The third kappa shape index (κ3) is 3.49. The number of aliphatic carboxylic acids is 1. The molecule has 0 aromatic carbocycles. The van der Waals surface area contributed by atoms with Crippen molar-refractivity contribution in [2.24, 2.45) is 0 Å². The molecule has 1 aliphatic rings. The van der Waals surface area contributed by atoms with Crippen molar-refractivity contribution in [1.29, 1.82) is 0 Å². The van der Waals surface area contributed by atoms with Crippen LogP contribution < -0.4 is 0 Å². The number of thioether (sulfide) groups is 1. The number of carboxylic acids is 1. The summed E-state index contributed by atoms with van der Waals surface area (Å²) >= 11 is 1.84. The highest BCUT2D eigenvalue weighted by molar-refractivity contribution is 8.00. The summed E-state index contributed by atoms with van der Waals surface area (Å²) in [6.45, 7) is 8.61. The number of nitrogens with zero attached hydrogens (tertiary/aromatic N) is 1. The van der Waals surface area contributed by atoms with Gasteiger partial charge in [-0.1, -0.05) is 0 Å². The van der Waals surface area contributed by atoms with Crippen molar-refractivity contribution in [2.45, 2.75) is 32.4 Å².